The summed E-state index contributed by atoms with van der Waals surface area (Å²) in [4.78, 5) is 34.0. The highest BCUT2D eigenvalue weighted by molar-refractivity contribution is 7.13. The molecular weight excluding hydrogens is 398 g/mol. The number of hydrogen-bond acceptors (Lipinski definition) is 5. The Balaban J connectivity index is 1.51. The van der Waals surface area contributed by atoms with Gasteiger partial charge >= 0.3 is 0 Å². The quantitative estimate of drug-likeness (QED) is 0.740. The van der Waals surface area contributed by atoms with Gasteiger partial charge in [-0.1, -0.05) is 25.4 Å². The molecule has 0 spiro atoms. The molecule has 150 valence electrons. The van der Waals surface area contributed by atoms with Gasteiger partial charge in [-0.2, -0.15) is 0 Å². The van der Waals surface area contributed by atoms with E-state index in [2.05, 4.69) is 18.8 Å². The monoisotopic (exact) mass is 421 g/mol. The number of ether oxygens (including phenoxy) is 1. The first-order chi connectivity index (χ1) is 13.3. The molecule has 2 amide bonds. The van der Waals surface area contributed by atoms with Crippen LogP contribution in [0.3, 0.4) is 0 Å². The number of benzene rings is 1. The minimum atomic E-state index is -0.0851. The van der Waals surface area contributed by atoms with Crippen LogP contribution in [0.4, 0.5) is 0 Å². The van der Waals surface area contributed by atoms with E-state index in [0.717, 1.165) is 10.7 Å². The van der Waals surface area contributed by atoms with Gasteiger partial charge < -0.3 is 14.5 Å². The van der Waals surface area contributed by atoms with Crippen molar-refractivity contribution in [3.05, 3.63) is 44.9 Å². The Kier molecular flexibility index (Phi) is 6.57. The third-order valence-electron chi connectivity index (χ3n) is 4.60. The highest BCUT2D eigenvalue weighted by atomic mass is 35.5. The summed E-state index contributed by atoms with van der Waals surface area (Å²) in [6.45, 7) is 8.03. The largest absolute Gasteiger partial charge is 0.484 e. The van der Waals surface area contributed by atoms with Gasteiger partial charge in [0.2, 0.25) is 0 Å². The number of hydrogen-bond donors (Lipinski definition) is 0. The lowest BCUT2D eigenvalue weighted by molar-refractivity contribution is -0.134. The first kappa shape index (κ1) is 20.6. The Hall–Kier alpha value is -2.12. The van der Waals surface area contributed by atoms with E-state index in [0.29, 0.717) is 47.7 Å². The highest BCUT2D eigenvalue weighted by Gasteiger charge is 2.27. The number of carbonyl (C=O) groups is 2. The predicted molar refractivity (Wildman–Crippen MR) is 110 cm³/mol. The highest BCUT2D eigenvalue weighted by Crippen LogP contribution is 2.26. The molecule has 2 heterocycles. The van der Waals surface area contributed by atoms with Crippen LogP contribution in [0.5, 0.6) is 5.75 Å². The lowest BCUT2D eigenvalue weighted by Crippen LogP contribution is -2.51. The van der Waals surface area contributed by atoms with Crippen molar-refractivity contribution in [2.75, 3.05) is 32.8 Å². The molecule has 1 aromatic heterocycles. The van der Waals surface area contributed by atoms with E-state index in [1.54, 1.807) is 34.1 Å². The van der Waals surface area contributed by atoms with Gasteiger partial charge in [-0.05, 0) is 31.2 Å². The average Bonchev–Trinajstić information content (AvgIpc) is 3.09. The van der Waals surface area contributed by atoms with Crippen molar-refractivity contribution in [1.29, 1.82) is 0 Å². The molecule has 1 fully saturated rings. The van der Waals surface area contributed by atoms with Crippen LogP contribution < -0.4 is 4.74 Å². The number of rotatable bonds is 5. The van der Waals surface area contributed by atoms with E-state index in [1.165, 1.54) is 11.3 Å². The molecule has 1 saturated heterocycles. The molecule has 0 aliphatic carbocycles. The van der Waals surface area contributed by atoms with Crippen LogP contribution in [0, 0.1) is 6.92 Å². The first-order valence-electron chi connectivity index (χ1n) is 9.28. The van der Waals surface area contributed by atoms with Gasteiger partial charge in [0.15, 0.2) is 6.61 Å². The molecule has 1 aliphatic rings. The number of aryl methyl sites for hydroxylation is 1. The lowest BCUT2D eigenvalue weighted by atomic mass is 10.2. The fraction of sp³-hybridized carbons (Fsp3) is 0.450. The van der Waals surface area contributed by atoms with Crippen LogP contribution in [-0.4, -0.2) is 59.4 Å². The third kappa shape index (κ3) is 4.83. The molecule has 0 atom stereocenters. The van der Waals surface area contributed by atoms with Crippen LogP contribution in [-0.2, 0) is 4.79 Å². The van der Waals surface area contributed by atoms with Crippen molar-refractivity contribution < 1.29 is 14.3 Å². The predicted octanol–water partition coefficient (Wildman–Crippen LogP) is 3.59. The van der Waals surface area contributed by atoms with Crippen molar-refractivity contribution in [3.63, 3.8) is 0 Å². The van der Waals surface area contributed by atoms with Gasteiger partial charge in [-0.15, -0.1) is 11.3 Å². The molecule has 3 rings (SSSR count). The van der Waals surface area contributed by atoms with Crippen LogP contribution in [0.2, 0.25) is 5.02 Å². The molecule has 1 aliphatic heterocycles. The molecule has 0 saturated carbocycles. The molecule has 2 aromatic rings. The Morgan fingerprint density at radius 3 is 2.32 bits per heavy atom. The number of aromatic nitrogens is 1. The Morgan fingerprint density at radius 2 is 1.75 bits per heavy atom. The van der Waals surface area contributed by atoms with Gasteiger partial charge in [0, 0.05) is 37.1 Å². The van der Waals surface area contributed by atoms with E-state index in [4.69, 9.17) is 16.3 Å². The van der Waals surface area contributed by atoms with Crippen LogP contribution in [0.15, 0.2) is 24.3 Å². The summed E-state index contributed by atoms with van der Waals surface area (Å²) in [5, 5.41) is 1.60. The molecule has 1 aromatic carbocycles. The first-order valence-corrected chi connectivity index (χ1v) is 10.5. The number of nitrogens with zero attached hydrogens (tertiary/aromatic N) is 3. The van der Waals surface area contributed by atoms with Crippen LogP contribution in [0.1, 0.15) is 40.1 Å². The second kappa shape index (κ2) is 8.92. The minimum Gasteiger partial charge on any atom is -0.484 e. The number of thiazole rings is 1. The standard InChI is InChI=1S/C20H24ClN3O3S/c1-13(2)19-22-14(3)18(28-19)20(26)24-10-8-23(9-11-24)17(25)12-27-16-6-4-15(21)5-7-16/h4-7,13H,8-12H2,1-3H3. The van der Waals surface area contributed by atoms with Crippen molar-refractivity contribution in [2.24, 2.45) is 0 Å². The van der Waals surface area contributed by atoms with E-state index in [1.807, 2.05) is 6.92 Å². The molecule has 8 heteroatoms. The van der Waals surface area contributed by atoms with Gasteiger partial charge in [-0.3, -0.25) is 9.59 Å². The maximum absolute atomic E-state index is 12.8. The second-order valence-electron chi connectivity index (χ2n) is 7.04. The fourth-order valence-electron chi connectivity index (χ4n) is 2.93. The van der Waals surface area contributed by atoms with Crippen LogP contribution >= 0.6 is 22.9 Å². The smallest absolute Gasteiger partial charge is 0.265 e. The van der Waals surface area contributed by atoms with Crippen molar-refractivity contribution in [3.8, 4) is 5.75 Å². The summed E-state index contributed by atoms with van der Waals surface area (Å²) in [5.41, 5.74) is 0.786. The second-order valence-corrected chi connectivity index (χ2v) is 8.50. The number of piperazine rings is 1. The Bertz CT molecular complexity index is 843. The normalized spacial score (nSPS) is 14.5. The zero-order valence-electron chi connectivity index (χ0n) is 16.3. The van der Waals surface area contributed by atoms with Crippen LogP contribution in [0.25, 0.3) is 0 Å². The topological polar surface area (TPSA) is 62.7 Å². The van der Waals surface area contributed by atoms with Gasteiger partial charge in [-0.25, -0.2) is 4.98 Å². The molecule has 0 bridgehead atoms. The fourth-order valence-corrected chi connectivity index (χ4v) is 4.10. The zero-order chi connectivity index (χ0) is 20.3. The van der Waals surface area contributed by atoms with E-state index >= 15 is 0 Å². The summed E-state index contributed by atoms with van der Waals surface area (Å²) in [7, 11) is 0. The molecule has 0 unspecified atom stereocenters. The van der Waals surface area contributed by atoms with Gasteiger partial charge in [0.1, 0.15) is 10.6 Å². The van der Waals surface area contributed by atoms with Crippen molar-refractivity contribution in [2.45, 2.75) is 26.7 Å². The molecule has 0 N–H and O–H groups in total. The summed E-state index contributed by atoms with van der Waals surface area (Å²) < 4.78 is 5.52. The number of halogens is 1. The summed E-state index contributed by atoms with van der Waals surface area (Å²) >= 11 is 7.31. The summed E-state index contributed by atoms with van der Waals surface area (Å²) in [5.74, 6) is 0.832. The zero-order valence-corrected chi connectivity index (χ0v) is 17.8. The third-order valence-corrected chi connectivity index (χ3v) is 6.29. The molecule has 0 radical (unpaired) electrons. The summed E-state index contributed by atoms with van der Waals surface area (Å²) in [6.07, 6.45) is 0. The maximum atomic E-state index is 12.8. The van der Waals surface area contributed by atoms with E-state index in [-0.39, 0.29) is 18.4 Å². The SMILES string of the molecule is Cc1nc(C(C)C)sc1C(=O)N1CCN(C(=O)COc2ccc(Cl)cc2)CC1. The average molecular weight is 422 g/mol. The maximum Gasteiger partial charge on any atom is 0.265 e. The van der Waals surface area contributed by atoms with Gasteiger partial charge in [0.05, 0.1) is 10.7 Å². The lowest BCUT2D eigenvalue weighted by Gasteiger charge is -2.34. The Morgan fingerprint density at radius 1 is 1.14 bits per heavy atom. The van der Waals surface area contributed by atoms with E-state index in [9.17, 15) is 9.59 Å². The minimum absolute atomic E-state index is 0.00594. The van der Waals surface area contributed by atoms with Crippen molar-refractivity contribution >= 4 is 34.8 Å². The Labute approximate surface area is 174 Å². The van der Waals surface area contributed by atoms with Crippen molar-refractivity contribution in [1.82, 2.24) is 14.8 Å². The molecule has 6 nitrogen and oxygen atoms in total. The number of amides is 2. The molecule has 28 heavy (non-hydrogen) atoms. The van der Waals surface area contributed by atoms with Gasteiger partial charge in [0.25, 0.3) is 11.8 Å². The van der Waals surface area contributed by atoms with E-state index < -0.39 is 0 Å². The molecular formula is C20H24ClN3O3S. The summed E-state index contributed by atoms with van der Waals surface area (Å²) in [6, 6.07) is 6.90. The number of carbonyl (C=O) groups excluding carboxylic acids is 2.